The number of piperidine rings is 1. The molecule has 2 aliphatic heterocycles. The normalized spacial score (nSPS) is 21.1. The van der Waals surface area contributed by atoms with Crippen LogP contribution in [0.25, 0.3) is 0 Å². The van der Waals surface area contributed by atoms with Gasteiger partial charge in [-0.1, -0.05) is 13.8 Å². The Hall–Kier alpha value is -2.74. The van der Waals surface area contributed by atoms with Gasteiger partial charge in [0, 0.05) is 42.6 Å². The van der Waals surface area contributed by atoms with Crippen molar-refractivity contribution in [3.8, 4) is 0 Å². The van der Waals surface area contributed by atoms with Crippen molar-refractivity contribution >= 4 is 17.5 Å². The molecule has 0 radical (unpaired) electrons. The first-order chi connectivity index (χ1) is 14.8. The Morgan fingerprint density at radius 1 is 1.16 bits per heavy atom. The lowest BCUT2D eigenvalue weighted by Gasteiger charge is -2.40. The van der Waals surface area contributed by atoms with Crippen LogP contribution >= 0.6 is 0 Å². The van der Waals surface area contributed by atoms with E-state index in [4.69, 9.17) is 4.42 Å². The van der Waals surface area contributed by atoms with E-state index in [1.165, 1.54) is 6.92 Å². The molecule has 0 aliphatic carbocycles. The Labute approximate surface area is 183 Å². The number of hydrogen-bond acceptors (Lipinski definition) is 6. The molecular formula is C23H31N5O3. The summed E-state index contributed by atoms with van der Waals surface area (Å²) in [6, 6.07) is 7.07. The predicted molar refractivity (Wildman–Crippen MR) is 117 cm³/mol. The van der Waals surface area contributed by atoms with Crippen LogP contribution < -0.4 is 5.32 Å². The predicted octanol–water partition coefficient (Wildman–Crippen LogP) is 3.10. The van der Waals surface area contributed by atoms with E-state index in [1.54, 1.807) is 24.3 Å². The van der Waals surface area contributed by atoms with Crippen molar-refractivity contribution in [3.05, 3.63) is 41.6 Å². The molecule has 2 saturated heterocycles. The second-order valence-corrected chi connectivity index (χ2v) is 9.30. The molecule has 1 atom stereocenters. The summed E-state index contributed by atoms with van der Waals surface area (Å²) in [6.07, 6.45) is 2.00. The highest BCUT2D eigenvalue weighted by molar-refractivity contribution is 5.95. The Kier molecular flexibility index (Phi) is 5.83. The van der Waals surface area contributed by atoms with Crippen LogP contribution in [0, 0.1) is 5.41 Å². The van der Waals surface area contributed by atoms with Gasteiger partial charge in [-0.05, 0) is 57.2 Å². The van der Waals surface area contributed by atoms with Crippen LogP contribution in [0.15, 0.2) is 28.7 Å². The molecule has 166 valence electrons. The van der Waals surface area contributed by atoms with Crippen LogP contribution in [-0.4, -0.2) is 65.0 Å². The van der Waals surface area contributed by atoms with Gasteiger partial charge in [-0.3, -0.25) is 9.59 Å². The number of hydrogen-bond donors (Lipinski definition) is 1. The third-order valence-electron chi connectivity index (χ3n) is 6.62. The van der Waals surface area contributed by atoms with Crippen molar-refractivity contribution in [1.29, 1.82) is 0 Å². The van der Waals surface area contributed by atoms with Gasteiger partial charge in [0.15, 0.2) is 0 Å². The molecule has 1 aromatic carbocycles. The highest BCUT2D eigenvalue weighted by Crippen LogP contribution is 2.49. The molecule has 1 aromatic heterocycles. The molecule has 8 heteroatoms. The average molecular weight is 426 g/mol. The molecule has 31 heavy (non-hydrogen) atoms. The maximum Gasteiger partial charge on any atom is 0.253 e. The molecule has 1 spiro atoms. The van der Waals surface area contributed by atoms with Gasteiger partial charge in [-0.15, -0.1) is 10.2 Å². The van der Waals surface area contributed by atoms with Gasteiger partial charge in [0.2, 0.25) is 17.7 Å². The van der Waals surface area contributed by atoms with E-state index in [-0.39, 0.29) is 29.1 Å². The SMILES string of the molecule is CC(=O)Nc1ccc(C(=O)N2CC(c3nnc(C(C)C)o3)C3(CCN(C)CC3)C2)cc1. The molecule has 0 saturated carbocycles. The summed E-state index contributed by atoms with van der Waals surface area (Å²) >= 11 is 0. The van der Waals surface area contributed by atoms with Gasteiger partial charge >= 0.3 is 0 Å². The number of anilines is 1. The van der Waals surface area contributed by atoms with Crippen molar-refractivity contribution in [2.24, 2.45) is 5.41 Å². The Bertz CT molecular complexity index is 944. The van der Waals surface area contributed by atoms with Crippen molar-refractivity contribution in [1.82, 2.24) is 20.0 Å². The fourth-order valence-electron chi connectivity index (χ4n) is 4.74. The van der Waals surface area contributed by atoms with Gasteiger partial charge in [0.1, 0.15) is 0 Å². The molecule has 1 unspecified atom stereocenters. The molecular weight excluding hydrogens is 394 g/mol. The molecule has 2 amide bonds. The monoisotopic (exact) mass is 425 g/mol. The number of aromatic nitrogens is 2. The highest BCUT2D eigenvalue weighted by atomic mass is 16.4. The minimum atomic E-state index is -0.133. The lowest BCUT2D eigenvalue weighted by atomic mass is 9.71. The summed E-state index contributed by atoms with van der Waals surface area (Å²) in [5.74, 6) is 1.39. The number of carbonyl (C=O) groups excluding carboxylic acids is 2. The maximum atomic E-state index is 13.3. The fraction of sp³-hybridized carbons (Fsp3) is 0.565. The van der Waals surface area contributed by atoms with Gasteiger partial charge < -0.3 is 19.5 Å². The van der Waals surface area contributed by atoms with Crippen LogP contribution in [0.2, 0.25) is 0 Å². The van der Waals surface area contributed by atoms with Crippen LogP contribution in [0.5, 0.6) is 0 Å². The quantitative estimate of drug-likeness (QED) is 0.809. The lowest BCUT2D eigenvalue weighted by Crippen LogP contribution is -2.42. The summed E-state index contributed by atoms with van der Waals surface area (Å²) in [5, 5.41) is 11.4. The summed E-state index contributed by atoms with van der Waals surface area (Å²) in [7, 11) is 2.14. The topological polar surface area (TPSA) is 91.6 Å². The number of likely N-dealkylation sites (tertiary alicyclic amines) is 2. The van der Waals surface area contributed by atoms with Gasteiger partial charge in [0.25, 0.3) is 5.91 Å². The van der Waals surface area contributed by atoms with E-state index < -0.39 is 0 Å². The zero-order valence-electron chi connectivity index (χ0n) is 18.7. The summed E-state index contributed by atoms with van der Waals surface area (Å²) in [6.45, 7) is 8.80. The summed E-state index contributed by atoms with van der Waals surface area (Å²) in [4.78, 5) is 28.8. The van der Waals surface area contributed by atoms with E-state index in [9.17, 15) is 9.59 Å². The number of amides is 2. The number of carbonyl (C=O) groups is 2. The fourth-order valence-corrected chi connectivity index (χ4v) is 4.74. The molecule has 2 aliphatic rings. The van der Waals surface area contributed by atoms with Crippen molar-refractivity contribution in [2.75, 3.05) is 38.5 Å². The molecule has 2 aromatic rings. The molecule has 0 bridgehead atoms. The Morgan fingerprint density at radius 3 is 2.42 bits per heavy atom. The minimum absolute atomic E-state index is 0.00113. The lowest BCUT2D eigenvalue weighted by molar-refractivity contribution is -0.114. The Balaban J connectivity index is 1.58. The first-order valence-electron chi connectivity index (χ1n) is 11.0. The zero-order valence-corrected chi connectivity index (χ0v) is 18.7. The van der Waals surface area contributed by atoms with Crippen LogP contribution in [-0.2, 0) is 4.79 Å². The summed E-state index contributed by atoms with van der Waals surface area (Å²) < 4.78 is 6.06. The van der Waals surface area contributed by atoms with Gasteiger partial charge in [0.05, 0.1) is 5.92 Å². The molecule has 2 fully saturated rings. The van der Waals surface area contributed by atoms with Crippen molar-refractivity contribution in [2.45, 2.75) is 45.4 Å². The van der Waals surface area contributed by atoms with Crippen molar-refractivity contribution in [3.63, 3.8) is 0 Å². The standard InChI is InChI=1S/C23H31N5O3/c1-15(2)20-25-26-21(31-20)19-13-28(14-23(19)9-11-27(4)12-10-23)22(30)17-5-7-18(8-6-17)24-16(3)29/h5-8,15,19H,9-14H2,1-4H3,(H,24,29). The highest BCUT2D eigenvalue weighted by Gasteiger charge is 2.51. The number of nitrogens with one attached hydrogen (secondary N) is 1. The molecule has 8 nitrogen and oxygen atoms in total. The molecule has 1 N–H and O–H groups in total. The van der Waals surface area contributed by atoms with E-state index in [0.29, 0.717) is 36.1 Å². The number of benzene rings is 1. The second kappa shape index (κ2) is 8.42. The third kappa shape index (κ3) is 4.35. The van der Waals surface area contributed by atoms with Gasteiger partial charge in [-0.25, -0.2) is 0 Å². The van der Waals surface area contributed by atoms with E-state index >= 15 is 0 Å². The van der Waals surface area contributed by atoms with E-state index in [1.807, 2.05) is 18.7 Å². The van der Waals surface area contributed by atoms with Crippen LogP contribution in [0.4, 0.5) is 5.69 Å². The molecule has 3 heterocycles. The minimum Gasteiger partial charge on any atom is -0.425 e. The summed E-state index contributed by atoms with van der Waals surface area (Å²) in [5.41, 5.74) is 1.26. The van der Waals surface area contributed by atoms with Gasteiger partial charge in [-0.2, -0.15) is 0 Å². The number of rotatable bonds is 4. The van der Waals surface area contributed by atoms with Crippen molar-refractivity contribution < 1.29 is 14.0 Å². The smallest absolute Gasteiger partial charge is 0.253 e. The zero-order chi connectivity index (χ0) is 22.2. The Morgan fingerprint density at radius 2 is 1.84 bits per heavy atom. The third-order valence-corrected chi connectivity index (χ3v) is 6.62. The number of nitrogens with zero attached hydrogens (tertiary/aromatic N) is 4. The largest absolute Gasteiger partial charge is 0.425 e. The average Bonchev–Trinajstić information content (AvgIpc) is 3.35. The van der Waals surface area contributed by atoms with E-state index in [2.05, 4.69) is 27.5 Å². The van der Waals surface area contributed by atoms with E-state index in [0.717, 1.165) is 25.9 Å². The van der Waals surface area contributed by atoms with Crippen LogP contribution in [0.1, 0.15) is 67.6 Å². The molecule has 4 rings (SSSR count). The first kappa shape index (κ1) is 21.5. The van der Waals surface area contributed by atoms with Crippen LogP contribution in [0.3, 0.4) is 0 Å². The second-order valence-electron chi connectivity index (χ2n) is 9.30. The maximum absolute atomic E-state index is 13.3. The first-order valence-corrected chi connectivity index (χ1v) is 11.0.